The van der Waals surface area contributed by atoms with E-state index in [4.69, 9.17) is 4.74 Å². The molecule has 0 saturated heterocycles. The van der Waals surface area contributed by atoms with Crippen molar-refractivity contribution in [1.82, 2.24) is 4.90 Å². The van der Waals surface area contributed by atoms with Crippen LogP contribution >= 0.6 is 0 Å². The van der Waals surface area contributed by atoms with Gasteiger partial charge in [-0.2, -0.15) is 5.26 Å². The van der Waals surface area contributed by atoms with Crippen LogP contribution in [-0.2, 0) is 0 Å². The minimum atomic E-state index is -0.140. The molecule has 0 radical (unpaired) electrons. The molecule has 0 atom stereocenters. The van der Waals surface area contributed by atoms with Gasteiger partial charge in [0.1, 0.15) is 11.8 Å². The molecule has 0 fully saturated rings. The van der Waals surface area contributed by atoms with Crippen molar-refractivity contribution >= 4 is 12.0 Å². The number of phenolic OH excluding ortho intramolecular Hbond substituents is 1. The molecule has 2 aromatic rings. The fourth-order valence-corrected chi connectivity index (χ4v) is 2.07. The summed E-state index contributed by atoms with van der Waals surface area (Å²) in [6.45, 7) is 0. The van der Waals surface area contributed by atoms with Gasteiger partial charge in [0.25, 0.3) is 0 Å². The zero-order valence-electron chi connectivity index (χ0n) is 12.7. The molecule has 0 bridgehead atoms. The fourth-order valence-electron chi connectivity index (χ4n) is 2.07. The quantitative estimate of drug-likeness (QED) is 0.695. The number of methoxy groups -OCH3 is 1. The lowest BCUT2D eigenvalue weighted by atomic mass is 10.00. The Kier molecular flexibility index (Phi) is 4.64. The van der Waals surface area contributed by atoms with E-state index < -0.39 is 0 Å². The van der Waals surface area contributed by atoms with Crippen molar-refractivity contribution < 1.29 is 9.84 Å². The molecule has 0 aliphatic carbocycles. The fraction of sp³-hybridized carbons (Fsp3) is 0.176. The van der Waals surface area contributed by atoms with Gasteiger partial charge in [-0.15, -0.1) is 0 Å². The molecule has 5 heteroatoms. The molecule has 0 aromatic heterocycles. The van der Waals surface area contributed by atoms with Crippen LogP contribution < -0.4 is 4.74 Å². The molecule has 22 heavy (non-hydrogen) atoms. The van der Waals surface area contributed by atoms with Crippen LogP contribution in [0.25, 0.3) is 11.1 Å². The largest absolute Gasteiger partial charge is 0.503 e. The normalized spacial score (nSPS) is 10.5. The third-order valence-electron chi connectivity index (χ3n) is 3.05. The van der Waals surface area contributed by atoms with E-state index in [2.05, 4.69) is 11.1 Å². The molecule has 0 aliphatic rings. The summed E-state index contributed by atoms with van der Waals surface area (Å²) < 4.78 is 5.33. The van der Waals surface area contributed by atoms with Crippen LogP contribution in [0.2, 0.25) is 0 Å². The number of nitriles is 1. The molecule has 0 heterocycles. The number of hydrogen-bond donors (Lipinski definition) is 1. The van der Waals surface area contributed by atoms with Gasteiger partial charge in [0, 0.05) is 19.7 Å². The first-order chi connectivity index (χ1) is 10.6. The van der Waals surface area contributed by atoms with Crippen LogP contribution in [0.15, 0.2) is 41.4 Å². The van der Waals surface area contributed by atoms with Crippen molar-refractivity contribution in [1.29, 1.82) is 5.26 Å². The predicted molar refractivity (Wildman–Crippen MR) is 86.6 cm³/mol. The van der Waals surface area contributed by atoms with Gasteiger partial charge in [-0.25, -0.2) is 4.99 Å². The van der Waals surface area contributed by atoms with E-state index >= 15 is 0 Å². The third kappa shape index (κ3) is 3.01. The Balaban J connectivity index is 2.69. The maximum absolute atomic E-state index is 10.4. The summed E-state index contributed by atoms with van der Waals surface area (Å²) in [4.78, 5) is 5.89. The topological polar surface area (TPSA) is 68.8 Å². The van der Waals surface area contributed by atoms with Gasteiger partial charge in [0.2, 0.25) is 0 Å². The zero-order chi connectivity index (χ0) is 16.1. The van der Waals surface area contributed by atoms with Crippen molar-refractivity contribution in [2.75, 3.05) is 21.2 Å². The highest BCUT2D eigenvalue weighted by Crippen LogP contribution is 2.45. The number of aromatic hydroxyl groups is 1. The van der Waals surface area contributed by atoms with Crippen LogP contribution in [0, 0.1) is 11.3 Å². The monoisotopic (exact) mass is 295 g/mol. The standard InChI is InChI=1S/C17H17N3O2/c1-20(2)11-19-15-13(10-18)9-14(17(22-3)16(15)21)12-7-5-4-6-8-12/h4-9,11,21H,1-3H3. The second kappa shape index (κ2) is 6.64. The Labute approximate surface area is 129 Å². The lowest BCUT2D eigenvalue weighted by molar-refractivity contribution is 0.376. The summed E-state index contributed by atoms with van der Waals surface area (Å²) in [6, 6.07) is 13.2. The number of ether oxygens (including phenoxy) is 1. The Morgan fingerprint density at radius 1 is 1.27 bits per heavy atom. The van der Waals surface area contributed by atoms with Crippen molar-refractivity contribution in [3.05, 3.63) is 42.0 Å². The van der Waals surface area contributed by atoms with Gasteiger partial charge < -0.3 is 14.7 Å². The van der Waals surface area contributed by atoms with Crippen LogP contribution in [0.5, 0.6) is 11.5 Å². The summed E-state index contributed by atoms with van der Waals surface area (Å²) in [5.74, 6) is 0.162. The van der Waals surface area contributed by atoms with E-state index in [-0.39, 0.29) is 17.0 Å². The first kappa shape index (κ1) is 15.4. The minimum Gasteiger partial charge on any atom is -0.503 e. The number of benzene rings is 2. The number of nitrogens with zero attached hydrogens (tertiary/aromatic N) is 3. The molecule has 0 unspecified atom stereocenters. The number of hydrogen-bond acceptors (Lipinski definition) is 4. The average molecular weight is 295 g/mol. The second-order valence-electron chi connectivity index (χ2n) is 4.89. The SMILES string of the molecule is COc1c(-c2ccccc2)cc(C#N)c(N=CN(C)C)c1O. The average Bonchev–Trinajstić information content (AvgIpc) is 2.53. The third-order valence-corrected chi connectivity index (χ3v) is 3.05. The molecular weight excluding hydrogens is 278 g/mol. The van der Waals surface area contributed by atoms with E-state index in [0.29, 0.717) is 11.3 Å². The molecule has 0 amide bonds. The lowest BCUT2D eigenvalue weighted by Gasteiger charge is -2.14. The van der Waals surface area contributed by atoms with Crippen molar-refractivity contribution in [2.45, 2.75) is 0 Å². The summed E-state index contributed by atoms with van der Waals surface area (Å²) in [5, 5.41) is 19.8. The highest BCUT2D eigenvalue weighted by atomic mass is 16.5. The Hall–Kier alpha value is -3.00. The van der Waals surface area contributed by atoms with E-state index in [1.165, 1.54) is 13.4 Å². The highest BCUT2D eigenvalue weighted by molar-refractivity contribution is 5.83. The van der Waals surface area contributed by atoms with Crippen molar-refractivity contribution in [2.24, 2.45) is 4.99 Å². The van der Waals surface area contributed by atoms with Crippen LogP contribution in [0.4, 0.5) is 5.69 Å². The Morgan fingerprint density at radius 3 is 2.50 bits per heavy atom. The maximum atomic E-state index is 10.4. The summed E-state index contributed by atoms with van der Waals surface area (Å²) in [6.07, 6.45) is 1.53. The van der Waals surface area contributed by atoms with Gasteiger partial charge in [-0.3, -0.25) is 0 Å². The van der Waals surface area contributed by atoms with Gasteiger partial charge in [-0.1, -0.05) is 30.3 Å². The molecule has 112 valence electrons. The Morgan fingerprint density at radius 2 is 1.95 bits per heavy atom. The highest BCUT2D eigenvalue weighted by Gasteiger charge is 2.19. The summed E-state index contributed by atoms with van der Waals surface area (Å²) in [7, 11) is 5.09. The molecule has 0 spiro atoms. The van der Waals surface area contributed by atoms with Crippen molar-refractivity contribution in [3.8, 4) is 28.7 Å². The van der Waals surface area contributed by atoms with Crippen LogP contribution in [0.3, 0.4) is 0 Å². The van der Waals surface area contributed by atoms with E-state index in [0.717, 1.165) is 5.56 Å². The Bertz CT molecular complexity index is 732. The smallest absolute Gasteiger partial charge is 0.186 e. The molecule has 2 aromatic carbocycles. The van der Waals surface area contributed by atoms with E-state index in [1.807, 2.05) is 44.4 Å². The summed E-state index contributed by atoms with van der Waals surface area (Å²) >= 11 is 0. The molecule has 2 rings (SSSR count). The minimum absolute atomic E-state index is 0.140. The first-order valence-corrected chi connectivity index (χ1v) is 6.68. The second-order valence-corrected chi connectivity index (χ2v) is 4.89. The maximum Gasteiger partial charge on any atom is 0.186 e. The van der Waals surface area contributed by atoms with Gasteiger partial charge in [0.15, 0.2) is 11.5 Å². The number of aliphatic imine (C=N–C) groups is 1. The molecule has 1 N–H and O–H groups in total. The molecule has 5 nitrogen and oxygen atoms in total. The van der Waals surface area contributed by atoms with Crippen molar-refractivity contribution in [3.63, 3.8) is 0 Å². The van der Waals surface area contributed by atoms with Crippen LogP contribution in [-0.4, -0.2) is 37.6 Å². The number of phenols is 1. The zero-order valence-corrected chi connectivity index (χ0v) is 12.7. The molecule has 0 saturated carbocycles. The van der Waals surface area contributed by atoms with Crippen LogP contribution in [0.1, 0.15) is 5.56 Å². The van der Waals surface area contributed by atoms with Gasteiger partial charge in [-0.05, 0) is 11.6 Å². The summed E-state index contributed by atoms with van der Waals surface area (Å²) in [5.41, 5.74) is 2.00. The first-order valence-electron chi connectivity index (χ1n) is 6.68. The van der Waals surface area contributed by atoms with E-state index in [1.54, 1.807) is 11.0 Å². The number of rotatable bonds is 4. The molecular formula is C17H17N3O2. The van der Waals surface area contributed by atoms with Gasteiger partial charge >= 0.3 is 0 Å². The molecule has 0 aliphatic heterocycles. The van der Waals surface area contributed by atoms with Gasteiger partial charge in [0.05, 0.1) is 19.0 Å². The van der Waals surface area contributed by atoms with E-state index in [9.17, 15) is 10.4 Å². The predicted octanol–water partition coefficient (Wildman–Crippen LogP) is 3.16. The lowest BCUT2D eigenvalue weighted by Crippen LogP contribution is -2.07.